The van der Waals surface area contributed by atoms with E-state index in [1.807, 2.05) is 31.3 Å². The van der Waals surface area contributed by atoms with Crippen LogP contribution in [0.25, 0.3) is 0 Å². The minimum atomic E-state index is 0.571. The van der Waals surface area contributed by atoms with E-state index < -0.39 is 0 Å². The third kappa shape index (κ3) is 3.56. The Bertz CT molecular complexity index is 589. The van der Waals surface area contributed by atoms with Crippen LogP contribution in [-0.2, 0) is 6.54 Å². The number of nitrogens with one attached hydrogen (secondary N) is 1. The van der Waals surface area contributed by atoms with E-state index in [1.165, 1.54) is 0 Å². The number of ether oxygens (including phenoxy) is 3. The lowest BCUT2D eigenvalue weighted by molar-refractivity contribution is 0.369. The number of hydrogen-bond donors (Lipinski definition) is 1. The molecule has 1 N–H and O–H groups in total. The average molecular weight is 288 g/mol. The van der Waals surface area contributed by atoms with Crippen LogP contribution >= 0.6 is 0 Å². The van der Waals surface area contributed by atoms with Gasteiger partial charge in [-0.2, -0.15) is 0 Å². The molecule has 0 atom stereocenters. The maximum Gasteiger partial charge on any atom is 0.131 e. The molecule has 1 aromatic carbocycles. The number of aryl methyl sites for hydroxylation is 1. The smallest absolute Gasteiger partial charge is 0.131 e. The van der Waals surface area contributed by atoms with Crippen molar-refractivity contribution in [1.82, 2.24) is 4.98 Å². The summed E-state index contributed by atoms with van der Waals surface area (Å²) < 4.78 is 16.1. The topological polar surface area (TPSA) is 52.6 Å². The van der Waals surface area contributed by atoms with Gasteiger partial charge in [0.1, 0.15) is 17.2 Å². The molecule has 112 valence electrons. The van der Waals surface area contributed by atoms with Gasteiger partial charge in [0.05, 0.1) is 32.6 Å². The quantitative estimate of drug-likeness (QED) is 0.885. The van der Waals surface area contributed by atoms with Crippen LogP contribution in [0.4, 0.5) is 5.69 Å². The Hall–Kier alpha value is -2.43. The Morgan fingerprint density at radius 1 is 0.952 bits per heavy atom. The van der Waals surface area contributed by atoms with E-state index >= 15 is 0 Å². The molecule has 0 saturated heterocycles. The molecule has 2 aromatic rings. The van der Waals surface area contributed by atoms with Gasteiger partial charge < -0.3 is 19.5 Å². The summed E-state index contributed by atoms with van der Waals surface area (Å²) in [7, 11) is 4.88. The van der Waals surface area contributed by atoms with Crippen molar-refractivity contribution in [2.75, 3.05) is 26.6 Å². The van der Waals surface area contributed by atoms with Crippen molar-refractivity contribution in [2.45, 2.75) is 13.5 Å². The monoisotopic (exact) mass is 288 g/mol. The summed E-state index contributed by atoms with van der Waals surface area (Å²) in [5.41, 5.74) is 2.99. The molecule has 0 saturated carbocycles. The van der Waals surface area contributed by atoms with Gasteiger partial charge in [0.25, 0.3) is 0 Å². The first-order valence-electron chi connectivity index (χ1n) is 6.62. The molecule has 0 amide bonds. The third-order valence-corrected chi connectivity index (χ3v) is 3.16. The zero-order valence-electron chi connectivity index (χ0n) is 12.8. The van der Waals surface area contributed by atoms with Crippen molar-refractivity contribution in [3.05, 3.63) is 41.7 Å². The molecule has 0 radical (unpaired) electrons. The number of methoxy groups -OCH3 is 3. The molecule has 21 heavy (non-hydrogen) atoms. The molecule has 5 heteroatoms. The molecule has 0 aliphatic rings. The van der Waals surface area contributed by atoms with Crippen molar-refractivity contribution in [1.29, 1.82) is 0 Å². The SMILES string of the molecule is COc1cc(OC)c(CNc2cncc(C)c2)c(OC)c1. The van der Waals surface area contributed by atoms with Crippen LogP contribution in [0.5, 0.6) is 17.2 Å². The van der Waals surface area contributed by atoms with Gasteiger partial charge >= 0.3 is 0 Å². The number of nitrogens with zero attached hydrogens (tertiary/aromatic N) is 1. The van der Waals surface area contributed by atoms with E-state index in [0.717, 1.165) is 28.3 Å². The minimum Gasteiger partial charge on any atom is -0.496 e. The summed E-state index contributed by atoms with van der Waals surface area (Å²) in [5.74, 6) is 2.14. The van der Waals surface area contributed by atoms with Crippen molar-refractivity contribution < 1.29 is 14.2 Å². The van der Waals surface area contributed by atoms with Crippen molar-refractivity contribution in [3.8, 4) is 17.2 Å². The maximum atomic E-state index is 5.43. The standard InChI is InChI=1S/C16H20N2O3/c1-11-5-12(9-17-8-11)18-10-14-15(20-3)6-13(19-2)7-16(14)21-4/h5-9,18H,10H2,1-4H3. The van der Waals surface area contributed by atoms with Gasteiger partial charge in [-0.25, -0.2) is 0 Å². The van der Waals surface area contributed by atoms with E-state index in [-0.39, 0.29) is 0 Å². The Balaban J connectivity index is 2.26. The van der Waals surface area contributed by atoms with E-state index in [1.54, 1.807) is 27.5 Å². The average Bonchev–Trinajstić information content (AvgIpc) is 2.52. The molecule has 0 fully saturated rings. The summed E-state index contributed by atoms with van der Waals surface area (Å²) in [5, 5.41) is 3.33. The second-order valence-corrected chi connectivity index (χ2v) is 4.61. The van der Waals surface area contributed by atoms with Crippen molar-refractivity contribution in [2.24, 2.45) is 0 Å². The van der Waals surface area contributed by atoms with E-state index in [9.17, 15) is 0 Å². The van der Waals surface area contributed by atoms with Gasteiger partial charge in [-0.3, -0.25) is 4.98 Å². The lowest BCUT2D eigenvalue weighted by Crippen LogP contribution is -2.05. The molecular formula is C16H20N2O3. The highest BCUT2D eigenvalue weighted by Crippen LogP contribution is 2.34. The number of anilines is 1. The highest BCUT2D eigenvalue weighted by Gasteiger charge is 2.13. The molecule has 1 aromatic heterocycles. The van der Waals surface area contributed by atoms with Crippen LogP contribution in [0.3, 0.4) is 0 Å². The Morgan fingerprint density at radius 2 is 1.62 bits per heavy atom. The number of benzene rings is 1. The second-order valence-electron chi connectivity index (χ2n) is 4.61. The van der Waals surface area contributed by atoms with Crippen LogP contribution in [0.15, 0.2) is 30.6 Å². The molecule has 2 rings (SSSR count). The molecule has 0 bridgehead atoms. The van der Waals surface area contributed by atoms with E-state index in [2.05, 4.69) is 10.3 Å². The summed E-state index contributed by atoms with van der Waals surface area (Å²) in [4.78, 5) is 4.16. The first kappa shape index (κ1) is 15.0. The van der Waals surface area contributed by atoms with Crippen LogP contribution < -0.4 is 19.5 Å². The molecule has 0 spiro atoms. The normalized spacial score (nSPS) is 10.1. The second kappa shape index (κ2) is 6.83. The lowest BCUT2D eigenvalue weighted by Gasteiger charge is -2.16. The van der Waals surface area contributed by atoms with Crippen LogP contribution in [0, 0.1) is 6.92 Å². The number of hydrogen-bond acceptors (Lipinski definition) is 5. The molecule has 0 unspecified atom stereocenters. The predicted molar refractivity (Wildman–Crippen MR) is 82.4 cm³/mol. The lowest BCUT2D eigenvalue weighted by atomic mass is 10.1. The Kier molecular flexibility index (Phi) is 4.87. The van der Waals surface area contributed by atoms with Gasteiger partial charge in [-0.1, -0.05) is 0 Å². The zero-order valence-corrected chi connectivity index (χ0v) is 12.8. The van der Waals surface area contributed by atoms with Gasteiger partial charge in [0, 0.05) is 31.1 Å². The number of rotatable bonds is 6. The molecular weight excluding hydrogens is 268 g/mol. The fraction of sp³-hybridized carbons (Fsp3) is 0.312. The largest absolute Gasteiger partial charge is 0.496 e. The summed E-state index contributed by atoms with van der Waals surface area (Å²) in [6, 6.07) is 5.72. The van der Waals surface area contributed by atoms with Crippen LogP contribution in [-0.4, -0.2) is 26.3 Å². The minimum absolute atomic E-state index is 0.571. The molecule has 0 aliphatic heterocycles. The van der Waals surface area contributed by atoms with Crippen molar-refractivity contribution >= 4 is 5.69 Å². The highest BCUT2D eigenvalue weighted by molar-refractivity contribution is 5.53. The maximum absolute atomic E-state index is 5.43. The van der Waals surface area contributed by atoms with Crippen molar-refractivity contribution in [3.63, 3.8) is 0 Å². The van der Waals surface area contributed by atoms with Gasteiger partial charge in [-0.05, 0) is 18.6 Å². The Labute approximate surface area is 124 Å². The van der Waals surface area contributed by atoms with Gasteiger partial charge in [0.2, 0.25) is 0 Å². The highest BCUT2D eigenvalue weighted by atomic mass is 16.5. The van der Waals surface area contributed by atoms with Crippen LogP contribution in [0.1, 0.15) is 11.1 Å². The van der Waals surface area contributed by atoms with Gasteiger partial charge in [0.15, 0.2) is 0 Å². The first-order chi connectivity index (χ1) is 10.2. The summed E-state index contributed by atoms with van der Waals surface area (Å²) in [6.07, 6.45) is 3.61. The number of pyridine rings is 1. The summed E-state index contributed by atoms with van der Waals surface area (Å²) in [6.45, 7) is 2.58. The fourth-order valence-corrected chi connectivity index (χ4v) is 2.09. The third-order valence-electron chi connectivity index (χ3n) is 3.16. The predicted octanol–water partition coefficient (Wildman–Crippen LogP) is 3.03. The number of aromatic nitrogens is 1. The zero-order chi connectivity index (χ0) is 15.2. The van der Waals surface area contributed by atoms with E-state index in [0.29, 0.717) is 12.3 Å². The van der Waals surface area contributed by atoms with Crippen LogP contribution in [0.2, 0.25) is 0 Å². The molecule has 1 heterocycles. The van der Waals surface area contributed by atoms with E-state index in [4.69, 9.17) is 14.2 Å². The molecule has 0 aliphatic carbocycles. The molecule has 5 nitrogen and oxygen atoms in total. The first-order valence-corrected chi connectivity index (χ1v) is 6.62. The fourth-order valence-electron chi connectivity index (χ4n) is 2.09. The Morgan fingerprint density at radius 3 is 2.14 bits per heavy atom. The summed E-state index contributed by atoms with van der Waals surface area (Å²) >= 11 is 0. The van der Waals surface area contributed by atoms with Gasteiger partial charge in [-0.15, -0.1) is 0 Å².